The van der Waals surface area contributed by atoms with Gasteiger partial charge in [0.2, 0.25) is 5.91 Å². The monoisotopic (exact) mass is 278 g/mol. The van der Waals surface area contributed by atoms with E-state index in [1.54, 1.807) is 0 Å². The number of halogens is 1. The molecule has 2 saturated heterocycles. The normalized spacial score (nSPS) is 26.3. The van der Waals surface area contributed by atoms with Gasteiger partial charge in [0.05, 0.1) is 6.42 Å². The van der Waals surface area contributed by atoms with E-state index < -0.39 is 0 Å². The van der Waals surface area contributed by atoms with Gasteiger partial charge in [-0.1, -0.05) is 23.7 Å². The zero-order valence-electron chi connectivity index (χ0n) is 10.9. The van der Waals surface area contributed by atoms with Gasteiger partial charge < -0.3 is 10.2 Å². The van der Waals surface area contributed by atoms with Gasteiger partial charge in [-0.2, -0.15) is 0 Å². The highest BCUT2D eigenvalue weighted by Crippen LogP contribution is 2.26. The first-order valence-corrected chi connectivity index (χ1v) is 7.33. The van der Waals surface area contributed by atoms with Gasteiger partial charge in [-0.15, -0.1) is 0 Å². The molecular formula is C15H19ClN2O. The number of likely N-dealkylation sites (tertiary alicyclic amines) is 1. The Morgan fingerprint density at radius 2 is 2.21 bits per heavy atom. The maximum atomic E-state index is 12.3. The van der Waals surface area contributed by atoms with E-state index in [0.717, 1.165) is 44.1 Å². The van der Waals surface area contributed by atoms with Crippen molar-refractivity contribution in [1.82, 2.24) is 10.2 Å². The fourth-order valence-electron chi connectivity index (χ4n) is 3.19. The smallest absolute Gasteiger partial charge is 0.227 e. The second-order valence-corrected chi connectivity index (χ2v) is 6.05. The third-order valence-electron chi connectivity index (χ3n) is 4.30. The molecule has 2 atom stereocenters. The van der Waals surface area contributed by atoms with Crippen LogP contribution < -0.4 is 5.32 Å². The van der Waals surface area contributed by atoms with Gasteiger partial charge in [0.15, 0.2) is 0 Å². The molecule has 2 heterocycles. The van der Waals surface area contributed by atoms with Crippen molar-refractivity contribution in [1.29, 1.82) is 0 Å². The molecule has 1 aromatic rings. The lowest BCUT2D eigenvalue weighted by Gasteiger charge is -2.34. The summed E-state index contributed by atoms with van der Waals surface area (Å²) in [6, 6.07) is 7.58. The van der Waals surface area contributed by atoms with E-state index in [4.69, 9.17) is 11.6 Å². The summed E-state index contributed by atoms with van der Waals surface area (Å²) in [6.07, 6.45) is 1.60. The van der Waals surface area contributed by atoms with Crippen LogP contribution in [-0.4, -0.2) is 37.0 Å². The molecule has 2 aliphatic rings. The molecule has 0 spiro atoms. The molecule has 0 saturated carbocycles. The fourth-order valence-corrected chi connectivity index (χ4v) is 3.41. The van der Waals surface area contributed by atoms with E-state index in [2.05, 4.69) is 5.32 Å². The van der Waals surface area contributed by atoms with E-state index in [-0.39, 0.29) is 5.91 Å². The van der Waals surface area contributed by atoms with Crippen LogP contribution in [-0.2, 0) is 11.2 Å². The number of amides is 1. The molecule has 102 valence electrons. The minimum absolute atomic E-state index is 0.229. The van der Waals surface area contributed by atoms with Gasteiger partial charge in [-0.05, 0) is 49.0 Å². The van der Waals surface area contributed by atoms with E-state index in [9.17, 15) is 4.79 Å². The molecule has 3 rings (SSSR count). The van der Waals surface area contributed by atoms with Crippen molar-refractivity contribution in [2.45, 2.75) is 12.8 Å². The van der Waals surface area contributed by atoms with Crippen LogP contribution in [0.4, 0.5) is 0 Å². The molecule has 0 aliphatic carbocycles. The van der Waals surface area contributed by atoms with Crippen LogP contribution >= 0.6 is 11.6 Å². The third-order valence-corrected chi connectivity index (χ3v) is 4.54. The van der Waals surface area contributed by atoms with Crippen molar-refractivity contribution in [3.63, 3.8) is 0 Å². The predicted molar refractivity (Wildman–Crippen MR) is 76.2 cm³/mol. The summed E-state index contributed by atoms with van der Waals surface area (Å²) in [7, 11) is 0. The van der Waals surface area contributed by atoms with Crippen LogP contribution in [0.2, 0.25) is 5.02 Å². The molecule has 0 unspecified atom stereocenters. The van der Waals surface area contributed by atoms with Crippen molar-refractivity contribution < 1.29 is 4.79 Å². The molecule has 4 heteroatoms. The van der Waals surface area contributed by atoms with E-state index in [0.29, 0.717) is 17.4 Å². The van der Waals surface area contributed by atoms with Crippen LogP contribution in [0.1, 0.15) is 12.0 Å². The number of carbonyl (C=O) groups is 1. The molecular weight excluding hydrogens is 260 g/mol. The molecule has 1 N–H and O–H groups in total. The highest BCUT2D eigenvalue weighted by molar-refractivity contribution is 6.30. The topological polar surface area (TPSA) is 32.3 Å². The van der Waals surface area contributed by atoms with Crippen LogP contribution in [0.5, 0.6) is 0 Å². The largest absolute Gasteiger partial charge is 0.342 e. The van der Waals surface area contributed by atoms with Crippen LogP contribution in [0.3, 0.4) is 0 Å². The average molecular weight is 279 g/mol. The first-order chi connectivity index (χ1) is 9.22. The Labute approximate surface area is 118 Å². The van der Waals surface area contributed by atoms with Gasteiger partial charge in [-0.25, -0.2) is 0 Å². The van der Waals surface area contributed by atoms with Gasteiger partial charge in [0, 0.05) is 18.1 Å². The van der Waals surface area contributed by atoms with Gasteiger partial charge >= 0.3 is 0 Å². The third kappa shape index (κ3) is 2.93. The summed E-state index contributed by atoms with van der Waals surface area (Å²) < 4.78 is 0. The van der Waals surface area contributed by atoms with Gasteiger partial charge in [0.25, 0.3) is 0 Å². The number of rotatable bonds is 2. The number of nitrogens with zero attached hydrogens (tertiary/aromatic N) is 1. The van der Waals surface area contributed by atoms with E-state index >= 15 is 0 Å². The lowest BCUT2D eigenvalue weighted by Crippen LogP contribution is -2.44. The second-order valence-electron chi connectivity index (χ2n) is 5.61. The molecule has 1 aromatic carbocycles. The van der Waals surface area contributed by atoms with Gasteiger partial charge in [0.1, 0.15) is 0 Å². The van der Waals surface area contributed by atoms with Crippen LogP contribution in [0.15, 0.2) is 24.3 Å². The van der Waals surface area contributed by atoms with Crippen LogP contribution in [0.25, 0.3) is 0 Å². The van der Waals surface area contributed by atoms with Crippen LogP contribution in [0, 0.1) is 11.8 Å². The van der Waals surface area contributed by atoms with Crippen molar-refractivity contribution in [2.75, 3.05) is 26.2 Å². The molecule has 3 nitrogen and oxygen atoms in total. The summed E-state index contributed by atoms with van der Waals surface area (Å²) in [5.41, 5.74) is 1.00. The van der Waals surface area contributed by atoms with E-state index in [1.807, 2.05) is 29.2 Å². The Balaban J connectivity index is 1.61. The quantitative estimate of drug-likeness (QED) is 0.897. The van der Waals surface area contributed by atoms with Crippen molar-refractivity contribution in [2.24, 2.45) is 11.8 Å². The number of hydrogen-bond donors (Lipinski definition) is 1. The SMILES string of the molecule is O=C(Cc1cccc(Cl)c1)N1CC[C@@H]2CNC[C@H]2C1. The summed E-state index contributed by atoms with van der Waals surface area (Å²) in [4.78, 5) is 14.4. The van der Waals surface area contributed by atoms with Crippen molar-refractivity contribution >= 4 is 17.5 Å². The van der Waals surface area contributed by atoms with Gasteiger partial charge in [-0.3, -0.25) is 4.79 Å². The first-order valence-electron chi connectivity index (χ1n) is 6.95. The summed E-state index contributed by atoms with van der Waals surface area (Å²) in [5, 5.41) is 4.12. The molecule has 2 fully saturated rings. The highest BCUT2D eigenvalue weighted by Gasteiger charge is 2.34. The number of nitrogens with one attached hydrogen (secondary N) is 1. The molecule has 0 radical (unpaired) electrons. The molecule has 0 aromatic heterocycles. The Morgan fingerprint density at radius 1 is 1.37 bits per heavy atom. The zero-order valence-corrected chi connectivity index (χ0v) is 11.7. The molecule has 0 bridgehead atoms. The number of piperidine rings is 1. The summed E-state index contributed by atoms with van der Waals surface area (Å²) in [5.74, 6) is 1.65. The minimum atomic E-state index is 0.229. The lowest BCUT2D eigenvalue weighted by atomic mass is 9.88. The standard InChI is InChI=1S/C15H19ClN2O/c16-14-3-1-2-11(6-14)7-15(19)18-5-4-12-8-17-9-13(12)10-18/h1-3,6,12-13,17H,4-5,7-10H2/t12-,13+/m1/s1. The summed E-state index contributed by atoms with van der Waals surface area (Å²) >= 11 is 5.95. The van der Waals surface area contributed by atoms with Crippen molar-refractivity contribution in [3.05, 3.63) is 34.9 Å². The minimum Gasteiger partial charge on any atom is -0.342 e. The maximum Gasteiger partial charge on any atom is 0.227 e. The lowest BCUT2D eigenvalue weighted by molar-refractivity contribution is -0.132. The summed E-state index contributed by atoms with van der Waals surface area (Å²) in [6.45, 7) is 4.01. The number of fused-ring (bicyclic) bond motifs is 1. The molecule has 1 amide bonds. The molecule has 19 heavy (non-hydrogen) atoms. The Bertz CT molecular complexity index is 477. The Morgan fingerprint density at radius 3 is 3.05 bits per heavy atom. The highest BCUT2D eigenvalue weighted by atomic mass is 35.5. The predicted octanol–water partition coefficient (Wildman–Crippen LogP) is 1.95. The molecule has 2 aliphatic heterocycles. The number of carbonyl (C=O) groups excluding carboxylic acids is 1. The van der Waals surface area contributed by atoms with E-state index in [1.165, 1.54) is 0 Å². The van der Waals surface area contributed by atoms with Crippen molar-refractivity contribution in [3.8, 4) is 0 Å². The Hall–Kier alpha value is -1.06. The Kier molecular flexibility index (Phi) is 3.76. The second kappa shape index (κ2) is 5.51. The average Bonchev–Trinajstić information content (AvgIpc) is 2.85. The maximum absolute atomic E-state index is 12.3. The number of hydrogen-bond acceptors (Lipinski definition) is 2. The fraction of sp³-hybridized carbons (Fsp3) is 0.533. The zero-order chi connectivity index (χ0) is 13.2. The first kappa shape index (κ1) is 12.9. The number of benzene rings is 1.